The second-order valence-electron chi connectivity index (χ2n) is 5.97. The number of sulfonamides is 1. The summed E-state index contributed by atoms with van der Waals surface area (Å²) in [6.07, 6.45) is 1.12. The summed E-state index contributed by atoms with van der Waals surface area (Å²) in [6, 6.07) is 5.44. The van der Waals surface area contributed by atoms with Gasteiger partial charge in [0.05, 0.1) is 18.6 Å². The van der Waals surface area contributed by atoms with Crippen molar-refractivity contribution in [1.82, 2.24) is 9.29 Å². The van der Waals surface area contributed by atoms with Gasteiger partial charge < -0.3 is 14.5 Å². The number of aromatic nitrogens is 1. The van der Waals surface area contributed by atoms with Gasteiger partial charge in [0.2, 0.25) is 21.8 Å². The van der Waals surface area contributed by atoms with E-state index in [2.05, 4.69) is 15.0 Å². The maximum atomic E-state index is 13.0. The number of ether oxygens (including phenoxy) is 1. The van der Waals surface area contributed by atoms with Gasteiger partial charge in [0.15, 0.2) is 5.69 Å². The molecule has 1 aromatic heterocycles. The molecule has 2 rings (SSSR count). The van der Waals surface area contributed by atoms with E-state index in [-0.39, 0.29) is 28.9 Å². The Kier molecular flexibility index (Phi) is 6.34. The summed E-state index contributed by atoms with van der Waals surface area (Å²) in [4.78, 5) is 26.6. The van der Waals surface area contributed by atoms with Gasteiger partial charge in [-0.2, -0.15) is 4.31 Å². The molecule has 0 saturated heterocycles. The number of rotatable bonds is 7. The first-order valence-corrected chi connectivity index (χ1v) is 9.51. The highest BCUT2D eigenvalue weighted by Gasteiger charge is 2.29. The van der Waals surface area contributed by atoms with E-state index in [9.17, 15) is 18.0 Å². The number of oxazole rings is 1. The lowest BCUT2D eigenvalue weighted by molar-refractivity contribution is -0.114. The Bertz CT molecular complexity index is 918. The lowest BCUT2D eigenvalue weighted by Gasteiger charge is -2.24. The number of amides is 1. The SMILES string of the molecule is COC(=O)c1coc(CN(C(C)C)S(=O)(=O)c2ccc(NC(C)=O)cc2)n1. The quantitative estimate of drug-likeness (QED) is 0.712. The van der Waals surface area contributed by atoms with Crippen LogP contribution in [0.25, 0.3) is 0 Å². The van der Waals surface area contributed by atoms with Gasteiger partial charge in [-0.25, -0.2) is 18.2 Å². The Labute approximate surface area is 157 Å². The largest absolute Gasteiger partial charge is 0.464 e. The van der Waals surface area contributed by atoms with Crippen molar-refractivity contribution in [1.29, 1.82) is 0 Å². The van der Waals surface area contributed by atoms with Crippen molar-refractivity contribution < 1.29 is 27.2 Å². The number of esters is 1. The summed E-state index contributed by atoms with van der Waals surface area (Å²) in [5.74, 6) is -0.847. The summed E-state index contributed by atoms with van der Waals surface area (Å²) in [7, 11) is -2.64. The summed E-state index contributed by atoms with van der Waals surface area (Å²) in [5, 5.41) is 2.58. The third-order valence-electron chi connectivity index (χ3n) is 3.59. The topological polar surface area (TPSA) is 119 Å². The number of hydrogen-bond acceptors (Lipinski definition) is 7. The van der Waals surface area contributed by atoms with E-state index in [0.29, 0.717) is 5.69 Å². The molecule has 0 aliphatic heterocycles. The molecule has 0 fully saturated rings. The molecule has 0 unspecified atom stereocenters. The molecule has 1 heterocycles. The first kappa shape index (κ1) is 20.6. The van der Waals surface area contributed by atoms with Crippen LogP contribution >= 0.6 is 0 Å². The smallest absolute Gasteiger partial charge is 0.360 e. The van der Waals surface area contributed by atoms with Crippen LogP contribution in [-0.4, -0.2) is 42.7 Å². The predicted molar refractivity (Wildman–Crippen MR) is 96.5 cm³/mol. The van der Waals surface area contributed by atoms with Crippen molar-refractivity contribution in [2.75, 3.05) is 12.4 Å². The molecule has 0 spiro atoms. The van der Waals surface area contributed by atoms with E-state index in [1.54, 1.807) is 13.8 Å². The molecule has 0 aliphatic carbocycles. The van der Waals surface area contributed by atoms with Gasteiger partial charge in [0.25, 0.3) is 0 Å². The molecule has 9 nitrogen and oxygen atoms in total. The molecule has 0 saturated carbocycles. The summed E-state index contributed by atoms with van der Waals surface area (Å²) < 4.78 is 36.9. The van der Waals surface area contributed by atoms with Crippen LogP contribution in [0.15, 0.2) is 39.8 Å². The zero-order valence-corrected chi connectivity index (χ0v) is 16.2. The van der Waals surface area contributed by atoms with Gasteiger partial charge in [0, 0.05) is 18.7 Å². The van der Waals surface area contributed by atoms with Crippen LogP contribution in [0.1, 0.15) is 37.2 Å². The normalized spacial score (nSPS) is 11.6. The van der Waals surface area contributed by atoms with Gasteiger partial charge in [-0.3, -0.25) is 4.79 Å². The van der Waals surface area contributed by atoms with Gasteiger partial charge >= 0.3 is 5.97 Å². The van der Waals surface area contributed by atoms with Gasteiger partial charge in [0.1, 0.15) is 6.26 Å². The van der Waals surface area contributed by atoms with Crippen LogP contribution in [-0.2, 0) is 26.1 Å². The van der Waals surface area contributed by atoms with Gasteiger partial charge in [-0.05, 0) is 38.1 Å². The number of methoxy groups -OCH3 is 1. The molecule has 1 amide bonds. The fourth-order valence-corrected chi connectivity index (χ4v) is 3.90. The number of nitrogens with zero attached hydrogens (tertiary/aromatic N) is 2. The average Bonchev–Trinajstić information content (AvgIpc) is 3.07. The first-order chi connectivity index (χ1) is 12.6. The Morgan fingerprint density at radius 2 is 1.89 bits per heavy atom. The maximum absolute atomic E-state index is 13.0. The van der Waals surface area contributed by atoms with E-state index in [4.69, 9.17) is 4.42 Å². The van der Waals surface area contributed by atoms with Crippen molar-refractivity contribution in [3.05, 3.63) is 42.1 Å². The molecule has 0 atom stereocenters. The lowest BCUT2D eigenvalue weighted by Crippen LogP contribution is -2.36. The fraction of sp³-hybridized carbons (Fsp3) is 0.353. The Balaban J connectivity index is 2.27. The second-order valence-corrected chi connectivity index (χ2v) is 7.86. The van der Waals surface area contributed by atoms with Crippen molar-refractivity contribution in [2.45, 2.75) is 38.3 Å². The first-order valence-electron chi connectivity index (χ1n) is 8.07. The summed E-state index contributed by atoms with van der Waals surface area (Å²) in [6.45, 7) is 4.65. The van der Waals surface area contributed by atoms with E-state index in [0.717, 1.165) is 6.26 Å². The number of nitrogens with one attached hydrogen (secondary N) is 1. The average molecular weight is 395 g/mol. The van der Waals surface area contributed by atoms with Crippen molar-refractivity contribution in [2.24, 2.45) is 0 Å². The third kappa shape index (κ3) is 4.92. The number of carbonyl (C=O) groups excluding carboxylic acids is 2. The summed E-state index contributed by atoms with van der Waals surface area (Å²) in [5.41, 5.74) is 0.459. The molecular formula is C17H21N3O6S. The molecule has 10 heteroatoms. The number of hydrogen-bond donors (Lipinski definition) is 1. The second kappa shape index (κ2) is 8.31. The zero-order chi connectivity index (χ0) is 20.2. The van der Waals surface area contributed by atoms with Crippen molar-refractivity contribution in [3.63, 3.8) is 0 Å². The third-order valence-corrected chi connectivity index (χ3v) is 5.63. The van der Waals surface area contributed by atoms with Crippen molar-refractivity contribution >= 4 is 27.6 Å². The highest BCUT2D eigenvalue weighted by Crippen LogP contribution is 2.22. The highest BCUT2D eigenvalue weighted by atomic mass is 32.2. The highest BCUT2D eigenvalue weighted by molar-refractivity contribution is 7.89. The van der Waals surface area contributed by atoms with Crippen LogP contribution < -0.4 is 5.32 Å². The van der Waals surface area contributed by atoms with E-state index < -0.39 is 22.0 Å². The van der Waals surface area contributed by atoms with Crippen LogP contribution in [0.2, 0.25) is 0 Å². The van der Waals surface area contributed by atoms with E-state index in [1.165, 1.54) is 42.6 Å². The molecule has 2 aromatic rings. The fourth-order valence-electron chi connectivity index (χ4n) is 2.31. The van der Waals surface area contributed by atoms with Crippen LogP contribution in [0.3, 0.4) is 0 Å². The molecule has 1 aromatic carbocycles. The monoisotopic (exact) mass is 395 g/mol. The zero-order valence-electron chi connectivity index (χ0n) is 15.4. The predicted octanol–water partition coefficient (Wildman–Crippen LogP) is 2.02. The molecule has 0 aliphatic rings. The number of anilines is 1. The minimum Gasteiger partial charge on any atom is -0.464 e. The lowest BCUT2D eigenvalue weighted by atomic mass is 10.3. The van der Waals surface area contributed by atoms with E-state index >= 15 is 0 Å². The Hall–Kier alpha value is -2.72. The minimum atomic E-state index is -3.86. The molecule has 1 N–H and O–H groups in total. The molecular weight excluding hydrogens is 374 g/mol. The Morgan fingerprint density at radius 1 is 1.26 bits per heavy atom. The number of carbonyl (C=O) groups is 2. The standard InChI is InChI=1S/C17H21N3O6S/c1-11(2)20(9-16-19-15(10-26-16)17(22)25-4)27(23,24)14-7-5-13(6-8-14)18-12(3)21/h5-8,10-11H,9H2,1-4H3,(H,18,21). The number of benzene rings is 1. The van der Waals surface area contributed by atoms with Gasteiger partial charge in [-0.1, -0.05) is 0 Å². The molecule has 0 bridgehead atoms. The maximum Gasteiger partial charge on any atom is 0.360 e. The molecule has 146 valence electrons. The van der Waals surface area contributed by atoms with Crippen LogP contribution in [0, 0.1) is 0 Å². The molecule has 27 heavy (non-hydrogen) atoms. The Morgan fingerprint density at radius 3 is 2.41 bits per heavy atom. The molecule has 0 radical (unpaired) electrons. The van der Waals surface area contributed by atoms with Crippen molar-refractivity contribution in [3.8, 4) is 0 Å². The van der Waals surface area contributed by atoms with Crippen LogP contribution in [0.5, 0.6) is 0 Å². The summed E-state index contributed by atoms with van der Waals surface area (Å²) >= 11 is 0. The van der Waals surface area contributed by atoms with E-state index in [1.807, 2.05) is 0 Å². The van der Waals surface area contributed by atoms with Crippen LogP contribution in [0.4, 0.5) is 5.69 Å². The van der Waals surface area contributed by atoms with Gasteiger partial charge in [-0.15, -0.1) is 0 Å². The minimum absolute atomic E-state index is 0.0340.